The molecule has 1 N–H and O–H groups in total. The van der Waals surface area contributed by atoms with Crippen molar-refractivity contribution in [1.29, 1.82) is 0 Å². The molecule has 0 saturated carbocycles. The van der Waals surface area contributed by atoms with Crippen LogP contribution in [0.5, 0.6) is 0 Å². The molecule has 0 amide bonds. The molecule has 0 radical (unpaired) electrons. The first kappa shape index (κ1) is 16.1. The Kier molecular flexibility index (Phi) is 5.02. The number of benzene rings is 2. The van der Waals surface area contributed by atoms with Crippen LogP contribution in [-0.2, 0) is 0 Å². The fourth-order valence-electron chi connectivity index (χ4n) is 3.45. The van der Waals surface area contributed by atoms with Crippen molar-refractivity contribution in [3.8, 4) is 0 Å². The molecule has 1 aliphatic rings. The van der Waals surface area contributed by atoms with Gasteiger partial charge < -0.3 is 0 Å². The molecular weight excluding hydrogens is 304 g/mol. The molecule has 0 bridgehead atoms. The van der Waals surface area contributed by atoms with Crippen LogP contribution in [0.4, 0.5) is 5.69 Å². The zero-order valence-electron chi connectivity index (χ0n) is 13.8. The maximum Gasteiger partial charge on any atom is 0.282 e. The summed E-state index contributed by atoms with van der Waals surface area (Å²) in [5, 5.41) is 4.38. The standard InChI is InChI=1S/C20H23ClN2/c1-15-8-6-9-16(2)23(15)20(17-10-4-3-5-11-17)22-19-13-7-12-18(21)14-19/h3-5,7,10-16H,6,8-9H2,1-2H3/p+1/t15-,16+. The highest BCUT2D eigenvalue weighted by Crippen LogP contribution is 2.22. The molecule has 1 aliphatic heterocycles. The van der Waals surface area contributed by atoms with Crippen LogP contribution >= 0.6 is 11.6 Å². The Bertz CT molecular complexity index is 682. The lowest BCUT2D eigenvalue weighted by molar-refractivity contribution is -0.604. The Morgan fingerprint density at radius 1 is 1.00 bits per heavy atom. The van der Waals surface area contributed by atoms with Crippen molar-refractivity contribution in [3.05, 3.63) is 65.2 Å². The second-order valence-electron chi connectivity index (χ2n) is 6.39. The Labute approximate surface area is 143 Å². The lowest BCUT2D eigenvalue weighted by atomic mass is 9.98. The Morgan fingerprint density at radius 2 is 1.70 bits per heavy atom. The van der Waals surface area contributed by atoms with E-state index in [0.717, 1.165) is 10.7 Å². The van der Waals surface area contributed by atoms with Gasteiger partial charge in [-0.25, -0.2) is 5.32 Å². The van der Waals surface area contributed by atoms with Crippen LogP contribution in [0.15, 0.2) is 54.6 Å². The topological polar surface area (TPSA) is 15.0 Å². The summed E-state index contributed by atoms with van der Waals surface area (Å²) in [5.74, 6) is 1.17. The molecule has 2 aromatic rings. The molecule has 2 atom stereocenters. The number of hydrogen-bond acceptors (Lipinski definition) is 0. The molecule has 23 heavy (non-hydrogen) atoms. The van der Waals surface area contributed by atoms with Crippen molar-refractivity contribution in [1.82, 2.24) is 0 Å². The molecular formula is C20H24ClN2+. The van der Waals surface area contributed by atoms with Crippen LogP contribution in [0.2, 0.25) is 5.02 Å². The molecule has 3 heteroatoms. The van der Waals surface area contributed by atoms with E-state index in [1.54, 1.807) is 0 Å². The van der Waals surface area contributed by atoms with Crippen molar-refractivity contribution in [2.45, 2.75) is 45.2 Å². The monoisotopic (exact) mass is 327 g/mol. The maximum atomic E-state index is 6.15. The lowest BCUT2D eigenvalue weighted by Gasteiger charge is -2.29. The molecule has 0 unspecified atom stereocenters. The Balaban J connectivity index is 2.07. The second kappa shape index (κ2) is 7.18. The summed E-state index contributed by atoms with van der Waals surface area (Å²) in [6.45, 7) is 4.64. The summed E-state index contributed by atoms with van der Waals surface area (Å²) in [7, 11) is 0. The van der Waals surface area contributed by atoms with E-state index in [0.29, 0.717) is 12.1 Å². The molecule has 3 rings (SSSR count). The SMILES string of the molecule is C[C@@H]1CCC[C@H](C)[N+]1=C(Nc1cccc(Cl)c1)c1ccccc1. The van der Waals surface area contributed by atoms with Crippen molar-refractivity contribution >= 4 is 23.1 Å². The largest absolute Gasteiger partial charge is 0.282 e. The van der Waals surface area contributed by atoms with Crippen LogP contribution in [0.1, 0.15) is 38.7 Å². The summed E-state index contributed by atoms with van der Waals surface area (Å²) < 4.78 is 2.53. The fraction of sp³-hybridized carbons (Fsp3) is 0.350. The maximum absolute atomic E-state index is 6.15. The first-order chi connectivity index (χ1) is 11.1. The Morgan fingerprint density at radius 3 is 2.35 bits per heavy atom. The van der Waals surface area contributed by atoms with Crippen LogP contribution in [0.3, 0.4) is 0 Å². The van der Waals surface area contributed by atoms with Gasteiger partial charge in [-0.1, -0.05) is 35.9 Å². The second-order valence-corrected chi connectivity index (χ2v) is 6.82. The number of anilines is 1. The van der Waals surface area contributed by atoms with E-state index in [9.17, 15) is 0 Å². The molecule has 1 fully saturated rings. The molecule has 120 valence electrons. The molecule has 0 aromatic heterocycles. The first-order valence-electron chi connectivity index (χ1n) is 8.38. The van der Waals surface area contributed by atoms with Crippen LogP contribution in [0, 0.1) is 0 Å². The summed E-state index contributed by atoms with van der Waals surface area (Å²) in [5.41, 5.74) is 2.24. The van der Waals surface area contributed by atoms with Crippen molar-refractivity contribution in [3.63, 3.8) is 0 Å². The van der Waals surface area contributed by atoms with E-state index in [1.807, 2.05) is 18.2 Å². The third-order valence-corrected chi connectivity index (χ3v) is 4.82. The number of nitrogens with one attached hydrogen (secondary N) is 1. The number of amidine groups is 1. The first-order valence-corrected chi connectivity index (χ1v) is 8.76. The number of hydrogen-bond donors (Lipinski definition) is 1. The van der Waals surface area contributed by atoms with Gasteiger partial charge in [0.05, 0.1) is 17.6 Å². The third kappa shape index (κ3) is 3.76. The summed E-state index contributed by atoms with van der Waals surface area (Å²) in [6, 6.07) is 19.6. The zero-order chi connectivity index (χ0) is 16.2. The Hall–Kier alpha value is -1.80. The van der Waals surface area contributed by atoms with Gasteiger partial charge in [-0.2, -0.15) is 0 Å². The van der Waals surface area contributed by atoms with Gasteiger partial charge in [0, 0.05) is 11.1 Å². The highest BCUT2D eigenvalue weighted by molar-refractivity contribution is 6.31. The van der Waals surface area contributed by atoms with Gasteiger partial charge in [0.2, 0.25) is 0 Å². The molecule has 2 nitrogen and oxygen atoms in total. The van der Waals surface area contributed by atoms with E-state index >= 15 is 0 Å². The highest BCUT2D eigenvalue weighted by Gasteiger charge is 2.29. The van der Waals surface area contributed by atoms with Crippen molar-refractivity contribution in [2.75, 3.05) is 5.32 Å². The number of halogens is 1. The zero-order valence-corrected chi connectivity index (χ0v) is 14.6. The number of piperidine rings is 1. The fourth-order valence-corrected chi connectivity index (χ4v) is 3.64. The van der Waals surface area contributed by atoms with Gasteiger partial charge in [-0.3, -0.25) is 4.58 Å². The minimum atomic E-state index is 0.528. The number of rotatable bonds is 2. The smallest absolute Gasteiger partial charge is 0.256 e. The van der Waals surface area contributed by atoms with E-state index < -0.39 is 0 Å². The highest BCUT2D eigenvalue weighted by atomic mass is 35.5. The number of nitrogens with zero attached hydrogens (tertiary/aromatic N) is 1. The van der Waals surface area contributed by atoms with Gasteiger partial charge in [-0.15, -0.1) is 0 Å². The van der Waals surface area contributed by atoms with Crippen LogP contribution in [0.25, 0.3) is 0 Å². The average molecular weight is 328 g/mol. The molecule has 1 heterocycles. The predicted octanol–water partition coefficient (Wildman–Crippen LogP) is 5.17. The summed E-state index contributed by atoms with van der Waals surface area (Å²) in [4.78, 5) is 0. The van der Waals surface area contributed by atoms with E-state index in [1.165, 1.54) is 30.7 Å². The quantitative estimate of drug-likeness (QED) is 0.594. The van der Waals surface area contributed by atoms with Gasteiger partial charge in [0.1, 0.15) is 5.69 Å². The van der Waals surface area contributed by atoms with E-state index in [4.69, 9.17) is 11.6 Å². The van der Waals surface area contributed by atoms with Crippen molar-refractivity contribution < 1.29 is 4.58 Å². The third-order valence-electron chi connectivity index (χ3n) is 4.59. The summed E-state index contributed by atoms with van der Waals surface area (Å²) >= 11 is 6.15. The van der Waals surface area contributed by atoms with Crippen LogP contribution < -0.4 is 5.32 Å². The normalized spacial score (nSPS) is 23.4. The molecule has 1 saturated heterocycles. The summed E-state index contributed by atoms with van der Waals surface area (Å²) in [6.07, 6.45) is 3.77. The van der Waals surface area contributed by atoms with Crippen LogP contribution in [-0.4, -0.2) is 22.5 Å². The minimum absolute atomic E-state index is 0.528. The van der Waals surface area contributed by atoms with Gasteiger partial charge in [0.25, 0.3) is 5.84 Å². The van der Waals surface area contributed by atoms with E-state index in [-0.39, 0.29) is 0 Å². The molecule has 2 aromatic carbocycles. The van der Waals surface area contributed by atoms with Crippen molar-refractivity contribution in [2.24, 2.45) is 0 Å². The molecule has 0 aliphatic carbocycles. The molecule has 0 spiro atoms. The van der Waals surface area contributed by atoms with Gasteiger partial charge in [0.15, 0.2) is 0 Å². The minimum Gasteiger partial charge on any atom is -0.256 e. The lowest BCUT2D eigenvalue weighted by Crippen LogP contribution is -2.43. The van der Waals surface area contributed by atoms with Gasteiger partial charge >= 0.3 is 0 Å². The average Bonchev–Trinajstić information content (AvgIpc) is 2.54. The predicted molar refractivity (Wildman–Crippen MR) is 98.7 cm³/mol. The van der Waals surface area contributed by atoms with E-state index in [2.05, 4.69) is 60.1 Å². The van der Waals surface area contributed by atoms with Gasteiger partial charge in [-0.05, 0) is 57.4 Å².